The average Bonchev–Trinajstić information content (AvgIpc) is 2.76. The van der Waals surface area contributed by atoms with Crippen molar-refractivity contribution in [2.75, 3.05) is 13.1 Å². The van der Waals surface area contributed by atoms with E-state index in [4.69, 9.17) is 0 Å². The van der Waals surface area contributed by atoms with Crippen LogP contribution in [0.5, 0.6) is 0 Å². The molecule has 0 saturated carbocycles. The van der Waals surface area contributed by atoms with Gasteiger partial charge in [0.25, 0.3) is 0 Å². The van der Waals surface area contributed by atoms with Crippen LogP contribution in [0.1, 0.15) is 43.1 Å². The minimum absolute atomic E-state index is 0.212. The summed E-state index contributed by atoms with van der Waals surface area (Å²) in [5, 5.41) is 3.29. The van der Waals surface area contributed by atoms with Crippen molar-refractivity contribution in [3.05, 3.63) is 35.4 Å². The average molecular weight is 245 g/mol. The lowest BCUT2D eigenvalue weighted by Crippen LogP contribution is -2.30. The summed E-state index contributed by atoms with van der Waals surface area (Å²) < 4.78 is 0. The fraction of sp³-hybridized carbons (Fsp3) is 0.562. The van der Waals surface area contributed by atoms with E-state index < -0.39 is 0 Å². The largest absolute Gasteiger partial charge is 0.316 e. The molecule has 1 atom stereocenters. The molecule has 98 valence electrons. The summed E-state index contributed by atoms with van der Waals surface area (Å²) in [4.78, 5) is 12.6. The lowest BCUT2D eigenvalue weighted by molar-refractivity contribution is 0.0839. The van der Waals surface area contributed by atoms with Gasteiger partial charge in [-0.3, -0.25) is 4.79 Å². The summed E-state index contributed by atoms with van der Waals surface area (Å²) >= 11 is 0. The molecule has 1 aliphatic heterocycles. The molecule has 1 fully saturated rings. The number of hydrogen-bond donors (Lipinski definition) is 1. The number of benzene rings is 1. The van der Waals surface area contributed by atoms with Gasteiger partial charge < -0.3 is 5.32 Å². The topological polar surface area (TPSA) is 29.1 Å². The minimum Gasteiger partial charge on any atom is -0.316 e. The van der Waals surface area contributed by atoms with Crippen molar-refractivity contribution >= 4 is 5.78 Å². The number of rotatable bonds is 4. The Kier molecular flexibility index (Phi) is 3.86. The first-order chi connectivity index (χ1) is 8.51. The second kappa shape index (κ2) is 5.23. The molecule has 1 unspecified atom stereocenters. The van der Waals surface area contributed by atoms with Gasteiger partial charge in [0.2, 0.25) is 0 Å². The molecule has 0 spiro atoms. The van der Waals surface area contributed by atoms with E-state index in [0.717, 1.165) is 31.5 Å². The van der Waals surface area contributed by atoms with Gasteiger partial charge >= 0.3 is 0 Å². The molecule has 0 aromatic heterocycles. The van der Waals surface area contributed by atoms with Gasteiger partial charge in [0.1, 0.15) is 0 Å². The van der Waals surface area contributed by atoms with Gasteiger partial charge in [0.05, 0.1) is 0 Å². The van der Waals surface area contributed by atoms with Crippen molar-refractivity contribution in [2.24, 2.45) is 11.3 Å². The highest BCUT2D eigenvalue weighted by Gasteiger charge is 2.36. The summed E-state index contributed by atoms with van der Waals surface area (Å²) in [6, 6.07) is 8.16. The minimum atomic E-state index is -0.212. The Balaban J connectivity index is 2.20. The van der Waals surface area contributed by atoms with Gasteiger partial charge in [0, 0.05) is 17.5 Å². The van der Waals surface area contributed by atoms with Gasteiger partial charge in [-0.1, -0.05) is 39.0 Å². The highest BCUT2D eigenvalue weighted by molar-refractivity contribution is 6.00. The number of ketones is 1. The molecule has 2 rings (SSSR count). The first kappa shape index (κ1) is 13.3. The van der Waals surface area contributed by atoms with Crippen LogP contribution in [0, 0.1) is 11.3 Å². The Morgan fingerprint density at radius 2 is 2.22 bits per heavy atom. The normalized spacial score (nSPS) is 23.6. The van der Waals surface area contributed by atoms with Crippen LogP contribution in [-0.2, 0) is 6.42 Å². The maximum absolute atomic E-state index is 12.6. The first-order valence-corrected chi connectivity index (χ1v) is 6.86. The summed E-state index contributed by atoms with van der Waals surface area (Å²) in [7, 11) is 0. The van der Waals surface area contributed by atoms with Crippen molar-refractivity contribution in [2.45, 2.75) is 33.6 Å². The predicted molar refractivity (Wildman–Crippen MR) is 74.9 cm³/mol. The molecule has 1 aromatic carbocycles. The van der Waals surface area contributed by atoms with E-state index in [1.807, 2.05) is 12.1 Å². The summed E-state index contributed by atoms with van der Waals surface area (Å²) in [6.07, 6.45) is 1.98. The third kappa shape index (κ3) is 2.81. The van der Waals surface area contributed by atoms with Gasteiger partial charge in [0.15, 0.2) is 5.78 Å². The Morgan fingerprint density at radius 1 is 1.44 bits per heavy atom. The Hall–Kier alpha value is -1.15. The fourth-order valence-corrected chi connectivity index (χ4v) is 2.67. The molecule has 2 heteroatoms. The van der Waals surface area contributed by atoms with Gasteiger partial charge in [-0.05, 0) is 36.9 Å². The molecule has 1 saturated heterocycles. The number of hydrogen-bond acceptors (Lipinski definition) is 2. The number of carbonyl (C=O) groups is 1. The molecule has 1 aromatic rings. The second-order valence-electron chi connectivity index (χ2n) is 6.11. The monoisotopic (exact) mass is 245 g/mol. The van der Waals surface area contributed by atoms with Crippen LogP contribution < -0.4 is 5.32 Å². The van der Waals surface area contributed by atoms with E-state index in [0.29, 0.717) is 5.92 Å². The molecular weight excluding hydrogens is 222 g/mol. The first-order valence-electron chi connectivity index (χ1n) is 6.86. The zero-order chi connectivity index (χ0) is 13.2. The lowest BCUT2D eigenvalue weighted by Gasteiger charge is -2.21. The van der Waals surface area contributed by atoms with Crippen molar-refractivity contribution in [3.8, 4) is 0 Å². The van der Waals surface area contributed by atoms with E-state index in [9.17, 15) is 4.79 Å². The molecule has 0 amide bonds. The van der Waals surface area contributed by atoms with Crippen molar-refractivity contribution in [3.63, 3.8) is 0 Å². The number of Topliss-reactive ketones (excluding diaryl/α,β-unsaturated/α-hetero) is 1. The van der Waals surface area contributed by atoms with E-state index >= 15 is 0 Å². The summed E-state index contributed by atoms with van der Waals surface area (Å²) in [5.74, 6) is 0.914. The Morgan fingerprint density at radius 3 is 2.83 bits per heavy atom. The van der Waals surface area contributed by atoms with Crippen LogP contribution in [0.25, 0.3) is 0 Å². The Bertz CT molecular complexity index is 430. The Labute approximate surface area is 110 Å². The van der Waals surface area contributed by atoms with Crippen LogP contribution in [0.4, 0.5) is 0 Å². The molecule has 1 heterocycles. The summed E-state index contributed by atoms with van der Waals surface area (Å²) in [5.41, 5.74) is 1.93. The maximum atomic E-state index is 12.6. The van der Waals surface area contributed by atoms with E-state index in [2.05, 4.69) is 38.2 Å². The van der Waals surface area contributed by atoms with Crippen LogP contribution in [-0.4, -0.2) is 18.9 Å². The van der Waals surface area contributed by atoms with E-state index in [1.165, 1.54) is 5.56 Å². The van der Waals surface area contributed by atoms with Crippen LogP contribution in [0.2, 0.25) is 0 Å². The predicted octanol–water partition coefficient (Wildman–Crippen LogP) is 3.07. The van der Waals surface area contributed by atoms with Gasteiger partial charge in [-0.15, -0.1) is 0 Å². The molecule has 18 heavy (non-hydrogen) atoms. The smallest absolute Gasteiger partial charge is 0.170 e. The zero-order valence-electron chi connectivity index (χ0n) is 11.6. The van der Waals surface area contributed by atoms with Crippen molar-refractivity contribution in [1.82, 2.24) is 5.32 Å². The van der Waals surface area contributed by atoms with Gasteiger partial charge in [-0.25, -0.2) is 0 Å². The zero-order valence-corrected chi connectivity index (χ0v) is 11.6. The number of carbonyl (C=O) groups excluding carboxylic acids is 1. The van der Waals surface area contributed by atoms with E-state index in [-0.39, 0.29) is 11.2 Å². The highest BCUT2D eigenvalue weighted by Crippen LogP contribution is 2.29. The third-order valence-corrected chi connectivity index (χ3v) is 3.75. The highest BCUT2D eigenvalue weighted by atomic mass is 16.1. The number of nitrogens with one attached hydrogen (secondary N) is 1. The fourth-order valence-electron chi connectivity index (χ4n) is 2.67. The second-order valence-corrected chi connectivity index (χ2v) is 6.11. The lowest BCUT2D eigenvalue weighted by atomic mass is 9.81. The van der Waals surface area contributed by atoms with Crippen LogP contribution >= 0.6 is 0 Å². The molecular formula is C16H23NO. The maximum Gasteiger partial charge on any atom is 0.170 e. The van der Waals surface area contributed by atoms with E-state index in [1.54, 1.807) is 0 Å². The quantitative estimate of drug-likeness (QED) is 0.826. The molecule has 1 N–H and O–H groups in total. The van der Waals surface area contributed by atoms with Gasteiger partial charge in [-0.2, -0.15) is 0 Å². The standard InChI is InChI=1S/C16H23NO/c1-12(2)9-13-5-4-6-14(10-13)15(18)16(3)7-8-17-11-16/h4-6,10,12,17H,7-9,11H2,1-3H3. The van der Waals surface area contributed by atoms with Crippen molar-refractivity contribution < 1.29 is 4.79 Å². The van der Waals surface area contributed by atoms with Crippen LogP contribution in [0.15, 0.2) is 24.3 Å². The molecule has 0 bridgehead atoms. The molecule has 1 aliphatic rings. The molecule has 0 radical (unpaired) electrons. The SMILES string of the molecule is CC(C)Cc1cccc(C(=O)C2(C)CCNC2)c1. The summed E-state index contributed by atoms with van der Waals surface area (Å²) in [6.45, 7) is 8.24. The molecule has 2 nitrogen and oxygen atoms in total. The van der Waals surface area contributed by atoms with Crippen LogP contribution in [0.3, 0.4) is 0 Å². The van der Waals surface area contributed by atoms with Crippen molar-refractivity contribution in [1.29, 1.82) is 0 Å². The molecule has 0 aliphatic carbocycles. The third-order valence-electron chi connectivity index (χ3n) is 3.75.